The second-order valence-electron chi connectivity index (χ2n) is 5.96. The number of nitrogens with two attached hydrogens (primary N) is 2. The van der Waals surface area contributed by atoms with Crippen molar-refractivity contribution in [2.45, 2.75) is 33.1 Å². The molecule has 2 aromatic rings. The minimum Gasteiger partial charge on any atom is -0.390 e. The van der Waals surface area contributed by atoms with Crippen molar-refractivity contribution in [2.75, 3.05) is 5.73 Å². The molecule has 0 saturated heterocycles. The molecule has 0 fully saturated rings. The number of benzene rings is 1. The molecule has 1 heterocycles. The lowest BCUT2D eigenvalue weighted by atomic mass is 9.86. The van der Waals surface area contributed by atoms with Gasteiger partial charge in [-0.2, -0.15) is 0 Å². The predicted molar refractivity (Wildman–Crippen MR) is 86.1 cm³/mol. The Morgan fingerprint density at radius 3 is 2.15 bits per heavy atom. The van der Waals surface area contributed by atoms with Gasteiger partial charge in [0.1, 0.15) is 0 Å². The van der Waals surface area contributed by atoms with Crippen molar-refractivity contribution in [3.8, 4) is 11.1 Å². The Morgan fingerprint density at radius 1 is 1.15 bits per heavy atom. The van der Waals surface area contributed by atoms with E-state index < -0.39 is 5.91 Å². The largest absolute Gasteiger partial charge is 0.390 e. The first-order chi connectivity index (χ1) is 9.21. The van der Waals surface area contributed by atoms with Crippen LogP contribution in [0.25, 0.3) is 11.1 Å². The maximum Gasteiger partial charge on any atom is 0.252 e. The Balaban J connectivity index is 2.55. The average Bonchev–Trinajstić information content (AvgIpc) is 2.63. The van der Waals surface area contributed by atoms with E-state index in [1.165, 1.54) is 16.9 Å². The Labute approximate surface area is 123 Å². The predicted octanol–water partition coefficient (Wildman–Crippen LogP) is 3.70. The third-order valence-corrected chi connectivity index (χ3v) is 4.33. The number of anilines is 1. The van der Waals surface area contributed by atoms with Crippen molar-refractivity contribution in [1.82, 2.24) is 0 Å². The highest BCUT2D eigenvalue weighted by Crippen LogP contribution is 2.38. The highest BCUT2D eigenvalue weighted by Gasteiger charge is 2.20. The van der Waals surface area contributed by atoms with Crippen LogP contribution in [0.5, 0.6) is 0 Å². The molecule has 0 aliphatic rings. The molecule has 20 heavy (non-hydrogen) atoms. The molecule has 2 rings (SSSR count). The first-order valence-electron chi connectivity index (χ1n) is 6.51. The highest BCUT2D eigenvalue weighted by atomic mass is 32.1. The maximum absolute atomic E-state index is 11.6. The van der Waals surface area contributed by atoms with Crippen LogP contribution in [0.2, 0.25) is 0 Å². The lowest BCUT2D eigenvalue weighted by molar-refractivity contribution is 0.100. The summed E-state index contributed by atoms with van der Waals surface area (Å²) >= 11 is 1.41. The van der Waals surface area contributed by atoms with Gasteiger partial charge in [0.2, 0.25) is 0 Å². The van der Waals surface area contributed by atoms with Crippen molar-refractivity contribution in [2.24, 2.45) is 5.73 Å². The van der Waals surface area contributed by atoms with Crippen LogP contribution in [0.1, 0.15) is 41.6 Å². The molecule has 0 radical (unpaired) electrons. The molecule has 0 unspecified atom stereocenters. The van der Waals surface area contributed by atoms with Gasteiger partial charge in [-0.1, -0.05) is 45.0 Å². The van der Waals surface area contributed by atoms with Crippen LogP contribution in [0, 0.1) is 6.92 Å². The van der Waals surface area contributed by atoms with Gasteiger partial charge in [-0.15, -0.1) is 11.3 Å². The number of carbonyl (C=O) groups is 1. The zero-order chi connectivity index (χ0) is 15.1. The van der Waals surface area contributed by atoms with E-state index in [0.717, 1.165) is 16.0 Å². The van der Waals surface area contributed by atoms with E-state index >= 15 is 0 Å². The molecule has 3 nitrogen and oxygen atoms in total. The summed E-state index contributed by atoms with van der Waals surface area (Å²) in [5.41, 5.74) is 15.0. The molecule has 4 heteroatoms. The van der Waals surface area contributed by atoms with Gasteiger partial charge in [0.15, 0.2) is 0 Å². The fourth-order valence-electron chi connectivity index (χ4n) is 2.30. The standard InChI is InChI=1S/C16H20N2OS/c1-9-12(13(14(17)19)15(18)20-9)10-5-7-11(8-6-10)16(2,3)4/h5-8H,18H2,1-4H3,(H2,17,19). The Kier molecular flexibility index (Phi) is 3.61. The Hall–Kier alpha value is -1.81. The lowest BCUT2D eigenvalue weighted by Gasteiger charge is -2.19. The molecule has 0 saturated carbocycles. The summed E-state index contributed by atoms with van der Waals surface area (Å²) in [6.45, 7) is 8.47. The quantitative estimate of drug-likeness (QED) is 0.884. The fourth-order valence-corrected chi connectivity index (χ4v) is 3.25. The summed E-state index contributed by atoms with van der Waals surface area (Å²) in [6, 6.07) is 8.24. The zero-order valence-corrected chi connectivity index (χ0v) is 13.1. The van der Waals surface area contributed by atoms with Crippen LogP contribution in [0.4, 0.5) is 5.00 Å². The van der Waals surface area contributed by atoms with E-state index in [2.05, 4.69) is 32.9 Å². The number of rotatable bonds is 2. The van der Waals surface area contributed by atoms with Gasteiger partial charge in [0.25, 0.3) is 5.91 Å². The van der Waals surface area contributed by atoms with Gasteiger partial charge in [-0.3, -0.25) is 4.79 Å². The van der Waals surface area contributed by atoms with Crippen molar-refractivity contribution in [3.63, 3.8) is 0 Å². The van der Waals surface area contributed by atoms with Crippen LogP contribution in [0.15, 0.2) is 24.3 Å². The van der Waals surface area contributed by atoms with Crippen molar-refractivity contribution >= 4 is 22.2 Å². The lowest BCUT2D eigenvalue weighted by Crippen LogP contribution is -2.13. The second-order valence-corrected chi connectivity index (χ2v) is 7.22. The van der Waals surface area contributed by atoms with Gasteiger partial charge in [0.05, 0.1) is 10.6 Å². The van der Waals surface area contributed by atoms with Gasteiger partial charge >= 0.3 is 0 Å². The molecule has 1 aromatic carbocycles. The minimum atomic E-state index is -0.471. The van der Waals surface area contributed by atoms with Gasteiger partial charge in [-0.25, -0.2) is 0 Å². The number of hydrogen-bond donors (Lipinski definition) is 2. The molecule has 1 amide bonds. The van der Waals surface area contributed by atoms with E-state index in [1.807, 2.05) is 19.1 Å². The third kappa shape index (κ3) is 2.56. The van der Waals surface area contributed by atoms with Crippen LogP contribution in [-0.4, -0.2) is 5.91 Å². The number of carbonyl (C=O) groups excluding carboxylic acids is 1. The van der Waals surface area contributed by atoms with Crippen molar-refractivity contribution in [1.29, 1.82) is 0 Å². The number of amides is 1. The fraction of sp³-hybridized carbons (Fsp3) is 0.312. The Bertz CT molecular complexity index is 648. The van der Waals surface area contributed by atoms with E-state index in [9.17, 15) is 4.79 Å². The summed E-state index contributed by atoms with van der Waals surface area (Å²) in [5, 5.41) is 0.491. The normalized spacial score (nSPS) is 11.6. The van der Waals surface area contributed by atoms with E-state index in [0.29, 0.717) is 10.6 Å². The van der Waals surface area contributed by atoms with E-state index in [4.69, 9.17) is 11.5 Å². The molecule has 1 aromatic heterocycles. The minimum absolute atomic E-state index is 0.105. The Morgan fingerprint density at radius 2 is 1.70 bits per heavy atom. The molecular formula is C16H20N2OS. The van der Waals surface area contributed by atoms with E-state index in [1.54, 1.807) is 0 Å². The number of aryl methyl sites for hydroxylation is 1. The van der Waals surface area contributed by atoms with Crippen molar-refractivity contribution in [3.05, 3.63) is 40.3 Å². The molecular weight excluding hydrogens is 268 g/mol. The highest BCUT2D eigenvalue weighted by molar-refractivity contribution is 7.16. The first-order valence-corrected chi connectivity index (χ1v) is 7.33. The van der Waals surface area contributed by atoms with Crippen molar-refractivity contribution < 1.29 is 4.79 Å². The monoisotopic (exact) mass is 288 g/mol. The maximum atomic E-state index is 11.6. The smallest absolute Gasteiger partial charge is 0.252 e. The zero-order valence-electron chi connectivity index (χ0n) is 12.3. The molecule has 0 bridgehead atoms. The summed E-state index contributed by atoms with van der Waals surface area (Å²) < 4.78 is 0. The average molecular weight is 288 g/mol. The van der Waals surface area contributed by atoms with Gasteiger partial charge in [-0.05, 0) is 23.5 Å². The first kappa shape index (κ1) is 14.6. The van der Waals surface area contributed by atoms with Crippen LogP contribution in [-0.2, 0) is 5.41 Å². The summed E-state index contributed by atoms with van der Waals surface area (Å²) in [4.78, 5) is 12.6. The summed E-state index contributed by atoms with van der Waals surface area (Å²) in [7, 11) is 0. The summed E-state index contributed by atoms with van der Waals surface area (Å²) in [5.74, 6) is -0.471. The molecule has 0 aliphatic carbocycles. The molecule has 106 valence electrons. The van der Waals surface area contributed by atoms with E-state index in [-0.39, 0.29) is 5.41 Å². The summed E-state index contributed by atoms with van der Waals surface area (Å²) in [6.07, 6.45) is 0. The third-order valence-electron chi connectivity index (χ3n) is 3.40. The second kappa shape index (κ2) is 4.94. The number of thiophene rings is 1. The van der Waals surface area contributed by atoms with Crippen LogP contribution < -0.4 is 11.5 Å². The number of nitrogen functional groups attached to an aromatic ring is 1. The molecule has 0 aliphatic heterocycles. The topological polar surface area (TPSA) is 69.1 Å². The van der Waals surface area contributed by atoms with Crippen LogP contribution in [0.3, 0.4) is 0 Å². The molecule has 4 N–H and O–H groups in total. The van der Waals surface area contributed by atoms with Crippen LogP contribution >= 0.6 is 11.3 Å². The SMILES string of the molecule is Cc1sc(N)c(C(N)=O)c1-c1ccc(C(C)(C)C)cc1. The number of hydrogen-bond acceptors (Lipinski definition) is 3. The van der Waals surface area contributed by atoms with Gasteiger partial charge < -0.3 is 11.5 Å². The van der Waals surface area contributed by atoms with Gasteiger partial charge in [0, 0.05) is 10.4 Å². The number of primary amides is 1. The molecule has 0 atom stereocenters. The molecule has 0 spiro atoms.